The number of hydrogen-bond acceptors (Lipinski definition) is 1. The molecule has 0 atom stereocenters. The molecule has 0 aliphatic carbocycles. The third-order valence-corrected chi connectivity index (χ3v) is 4.69. The highest BCUT2D eigenvalue weighted by Crippen LogP contribution is 2.28. The lowest BCUT2D eigenvalue weighted by atomic mass is 10.0. The van der Waals surface area contributed by atoms with Gasteiger partial charge in [0.05, 0.1) is 0 Å². The van der Waals surface area contributed by atoms with Crippen molar-refractivity contribution in [2.45, 2.75) is 6.61 Å². The van der Waals surface area contributed by atoms with Crippen LogP contribution in [0.15, 0.2) is 84.9 Å². The van der Waals surface area contributed by atoms with Crippen LogP contribution in [0.1, 0.15) is 5.56 Å². The van der Waals surface area contributed by atoms with E-state index < -0.39 is 17.5 Å². The lowest BCUT2D eigenvalue weighted by Crippen LogP contribution is -1.98. The molecule has 5 heteroatoms. The van der Waals surface area contributed by atoms with Crippen molar-refractivity contribution >= 4 is 0 Å². The first kappa shape index (κ1) is 19.7. The highest BCUT2D eigenvalue weighted by Gasteiger charge is 2.09. The van der Waals surface area contributed by atoms with Gasteiger partial charge >= 0.3 is 0 Å². The van der Waals surface area contributed by atoms with Gasteiger partial charge in [-0.3, -0.25) is 0 Å². The first-order valence-electron chi connectivity index (χ1n) is 9.22. The molecule has 30 heavy (non-hydrogen) atoms. The highest BCUT2D eigenvalue weighted by atomic mass is 19.1. The summed E-state index contributed by atoms with van der Waals surface area (Å²) in [6.07, 6.45) is 0. The summed E-state index contributed by atoms with van der Waals surface area (Å²) in [5.41, 5.74) is 2.38. The van der Waals surface area contributed by atoms with Crippen molar-refractivity contribution in [3.05, 3.63) is 114 Å². The summed E-state index contributed by atoms with van der Waals surface area (Å²) in [5, 5.41) is 0. The summed E-state index contributed by atoms with van der Waals surface area (Å²) in [6, 6.07) is 20.1. The summed E-state index contributed by atoms with van der Waals surface area (Å²) in [4.78, 5) is 0. The molecule has 0 bridgehead atoms. The van der Waals surface area contributed by atoms with E-state index in [4.69, 9.17) is 4.74 Å². The Balaban J connectivity index is 1.47. The van der Waals surface area contributed by atoms with Crippen molar-refractivity contribution in [3.63, 3.8) is 0 Å². The zero-order chi connectivity index (χ0) is 21.1. The first-order chi connectivity index (χ1) is 14.5. The maximum Gasteiger partial charge on any atom is 0.134 e. The Morgan fingerprint density at radius 1 is 0.533 bits per heavy atom. The second-order valence-electron chi connectivity index (χ2n) is 6.76. The molecular weight excluding hydrogens is 392 g/mol. The average molecular weight is 408 g/mol. The molecule has 0 amide bonds. The van der Waals surface area contributed by atoms with Crippen LogP contribution >= 0.6 is 0 Å². The Morgan fingerprint density at radius 3 is 1.53 bits per heavy atom. The van der Waals surface area contributed by atoms with Gasteiger partial charge in [0, 0.05) is 17.2 Å². The second-order valence-corrected chi connectivity index (χ2v) is 6.76. The van der Waals surface area contributed by atoms with Gasteiger partial charge in [-0.2, -0.15) is 0 Å². The van der Waals surface area contributed by atoms with Crippen molar-refractivity contribution in [1.29, 1.82) is 0 Å². The van der Waals surface area contributed by atoms with Gasteiger partial charge in [0.1, 0.15) is 35.6 Å². The zero-order valence-electron chi connectivity index (χ0n) is 15.7. The molecule has 0 unspecified atom stereocenters. The van der Waals surface area contributed by atoms with Crippen LogP contribution in [-0.4, -0.2) is 0 Å². The van der Waals surface area contributed by atoms with Crippen LogP contribution in [0, 0.1) is 23.3 Å². The summed E-state index contributed by atoms with van der Waals surface area (Å²) in [5.74, 6) is -1.45. The van der Waals surface area contributed by atoms with Crippen molar-refractivity contribution in [2.24, 2.45) is 0 Å². The van der Waals surface area contributed by atoms with Crippen molar-refractivity contribution in [3.8, 4) is 28.0 Å². The predicted octanol–water partition coefficient (Wildman–Crippen LogP) is 7.16. The van der Waals surface area contributed by atoms with Crippen LogP contribution in [-0.2, 0) is 6.61 Å². The van der Waals surface area contributed by atoms with Gasteiger partial charge in [-0.15, -0.1) is 0 Å². The zero-order valence-corrected chi connectivity index (χ0v) is 15.7. The van der Waals surface area contributed by atoms with Crippen molar-refractivity contribution in [1.82, 2.24) is 0 Å². The van der Waals surface area contributed by atoms with Gasteiger partial charge in [-0.25, -0.2) is 17.6 Å². The molecule has 0 saturated carbocycles. The fraction of sp³-hybridized carbons (Fsp3) is 0.0400. The van der Waals surface area contributed by atoms with Crippen LogP contribution in [0.4, 0.5) is 17.6 Å². The Labute approximate surface area is 171 Å². The standard InChI is InChI=1S/C25H16F4O/c26-19-6-2-17(3-7-19)22-11-1-16(13-24(22)28)15-30-21-10-12-23(25(29)14-21)18-4-8-20(27)9-5-18/h1-14H,15H2. The Kier molecular flexibility index (Phi) is 5.53. The molecule has 0 aromatic heterocycles. The molecule has 4 aromatic rings. The fourth-order valence-electron chi connectivity index (χ4n) is 3.13. The molecule has 4 rings (SSSR count). The van der Waals surface area contributed by atoms with Crippen LogP contribution in [0.3, 0.4) is 0 Å². The second kappa shape index (κ2) is 8.41. The third-order valence-electron chi connectivity index (χ3n) is 4.69. The van der Waals surface area contributed by atoms with Gasteiger partial charge in [-0.1, -0.05) is 36.4 Å². The quantitative estimate of drug-likeness (QED) is 0.319. The van der Waals surface area contributed by atoms with Gasteiger partial charge in [0.15, 0.2) is 0 Å². The minimum atomic E-state index is -0.503. The molecule has 0 saturated heterocycles. The summed E-state index contributed by atoms with van der Waals surface area (Å²) >= 11 is 0. The van der Waals surface area contributed by atoms with E-state index in [1.54, 1.807) is 24.3 Å². The molecule has 0 radical (unpaired) electrons. The monoisotopic (exact) mass is 408 g/mol. The molecule has 4 aromatic carbocycles. The topological polar surface area (TPSA) is 9.23 Å². The molecule has 0 spiro atoms. The minimum Gasteiger partial charge on any atom is -0.489 e. The molecule has 1 nitrogen and oxygen atoms in total. The van der Waals surface area contributed by atoms with E-state index in [2.05, 4.69) is 0 Å². The van der Waals surface area contributed by atoms with Gasteiger partial charge in [0.25, 0.3) is 0 Å². The molecule has 150 valence electrons. The number of rotatable bonds is 5. The number of ether oxygens (including phenoxy) is 1. The normalized spacial score (nSPS) is 10.8. The lowest BCUT2D eigenvalue weighted by Gasteiger charge is -2.10. The molecule has 0 aliphatic heterocycles. The van der Waals surface area contributed by atoms with E-state index in [-0.39, 0.29) is 12.4 Å². The van der Waals surface area contributed by atoms with E-state index in [1.807, 2.05) is 0 Å². The minimum absolute atomic E-state index is 0.0515. The van der Waals surface area contributed by atoms with Crippen LogP contribution < -0.4 is 4.74 Å². The SMILES string of the molecule is Fc1ccc(-c2ccc(COc3ccc(-c4ccc(F)cc4)c(F)c3)cc2F)cc1. The van der Waals surface area contributed by atoms with Gasteiger partial charge in [-0.05, 0) is 59.2 Å². The lowest BCUT2D eigenvalue weighted by molar-refractivity contribution is 0.304. The molecule has 0 N–H and O–H groups in total. The number of hydrogen-bond donors (Lipinski definition) is 0. The van der Waals surface area contributed by atoms with Gasteiger partial charge < -0.3 is 4.74 Å². The number of halogens is 4. The van der Waals surface area contributed by atoms with Crippen molar-refractivity contribution in [2.75, 3.05) is 0 Å². The smallest absolute Gasteiger partial charge is 0.134 e. The average Bonchev–Trinajstić information content (AvgIpc) is 2.74. The first-order valence-corrected chi connectivity index (χ1v) is 9.22. The van der Waals surface area contributed by atoms with Crippen molar-refractivity contribution < 1.29 is 22.3 Å². The van der Waals surface area contributed by atoms with Crippen LogP contribution in [0.5, 0.6) is 5.75 Å². The maximum atomic E-state index is 14.5. The Hall–Kier alpha value is -3.60. The largest absolute Gasteiger partial charge is 0.489 e. The summed E-state index contributed by atoms with van der Waals surface area (Å²) in [7, 11) is 0. The van der Waals surface area contributed by atoms with Gasteiger partial charge in [0.2, 0.25) is 0 Å². The van der Waals surface area contributed by atoms with E-state index in [1.165, 1.54) is 60.7 Å². The maximum absolute atomic E-state index is 14.5. The van der Waals surface area contributed by atoms with Crippen LogP contribution in [0.2, 0.25) is 0 Å². The third kappa shape index (κ3) is 4.35. The Bertz CT molecular complexity index is 1070. The van der Waals surface area contributed by atoms with E-state index in [0.717, 1.165) is 0 Å². The molecular formula is C25H16F4O. The number of benzene rings is 4. The molecule has 0 fully saturated rings. The summed E-state index contributed by atoms with van der Waals surface area (Å²) < 4.78 is 60.6. The molecule has 0 aliphatic rings. The fourth-order valence-corrected chi connectivity index (χ4v) is 3.13. The molecule has 0 heterocycles. The highest BCUT2D eigenvalue weighted by molar-refractivity contribution is 5.65. The van der Waals surface area contributed by atoms with E-state index in [0.29, 0.717) is 33.6 Å². The Morgan fingerprint density at radius 2 is 1.03 bits per heavy atom. The van der Waals surface area contributed by atoms with E-state index in [9.17, 15) is 17.6 Å². The van der Waals surface area contributed by atoms with E-state index >= 15 is 0 Å². The van der Waals surface area contributed by atoms with Crippen LogP contribution in [0.25, 0.3) is 22.3 Å². The predicted molar refractivity (Wildman–Crippen MR) is 108 cm³/mol. The summed E-state index contributed by atoms with van der Waals surface area (Å²) in [6.45, 7) is 0.0515.